The molecule has 12 heavy (non-hydrogen) atoms. The monoisotopic (exact) mass is 211 g/mol. The maximum atomic E-state index is 6.98. The quantitative estimate of drug-likeness (QED) is 0.465. The van der Waals surface area contributed by atoms with Gasteiger partial charge in [-0.2, -0.15) is 0 Å². The zero-order valence-corrected chi connectivity index (χ0v) is 9.31. The highest BCUT2D eigenvalue weighted by molar-refractivity contribution is 8.76. The molecule has 74 valence electrons. The number of hydrogen-bond donors (Lipinski definition) is 1. The summed E-state index contributed by atoms with van der Waals surface area (Å²) in [4.78, 5) is 0. The first kappa shape index (κ1) is 9.22. The predicted octanol–water partition coefficient (Wildman–Crippen LogP) is 3.17. The van der Waals surface area contributed by atoms with Gasteiger partial charge in [0, 0.05) is 20.8 Å². The fourth-order valence-corrected chi connectivity index (χ4v) is 2.79. The molecule has 0 fully saturated rings. The van der Waals surface area contributed by atoms with Gasteiger partial charge in [0.05, 0.1) is 0 Å². The smallest absolute Gasteiger partial charge is 0.0243 e. The summed E-state index contributed by atoms with van der Waals surface area (Å²) < 4.78 is 13.9. The zero-order chi connectivity index (χ0) is 10.5. The summed E-state index contributed by atoms with van der Waals surface area (Å²) in [6.07, 6.45) is 3.50. The Hall–Kier alpha value is 0.660. The average Bonchev–Trinajstić information content (AvgIpc) is 2.21. The van der Waals surface area contributed by atoms with Gasteiger partial charge in [0.15, 0.2) is 0 Å². The highest BCUT2D eigenvalue weighted by atomic mass is 33.1. The number of rotatable bonds is 9. The molecule has 0 aromatic heterocycles. The van der Waals surface area contributed by atoms with Gasteiger partial charge >= 0.3 is 0 Å². The van der Waals surface area contributed by atoms with Crippen LogP contribution < -0.4 is 5.32 Å². The fourth-order valence-electron chi connectivity index (χ4n) is 0.694. The van der Waals surface area contributed by atoms with Crippen LogP contribution >= 0.6 is 21.6 Å². The summed E-state index contributed by atoms with van der Waals surface area (Å²) in [5.41, 5.74) is 0. The van der Waals surface area contributed by atoms with Crippen LogP contribution in [0.4, 0.5) is 0 Å². The molecular weight excluding hydrogens is 186 g/mol. The summed E-state index contributed by atoms with van der Waals surface area (Å²) in [6.45, 7) is 2.89. The normalized spacial score (nSPS) is 12.7. The Morgan fingerprint density at radius 3 is 2.92 bits per heavy atom. The van der Waals surface area contributed by atoms with Gasteiger partial charge in [-0.1, -0.05) is 48.2 Å². The maximum Gasteiger partial charge on any atom is 0.0243 e. The van der Waals surface area contributed by atoms with E-state index in [0.29, 0.717) is 13.8 Å². The molecular formula is C9H21NS2. The van der Waals surface area contributed by atoms with Crippen molar-refractivity contribution in [3.63, 3.8) is 0 Å². The van der Waals surface area contributed by atoms with Crippen LogP contribution in [0.25, 0.3) is 0 Å². The van der Waals surface area contributed by atoms with Crippen LogP contribution in [0.5, 0.6) is 0 Å². The van der Waals surface area contributed by atoms with Crippen molar-refractivity contribution >= 4 is 21.6 Å². The molecule has 0 amide bonds. The van der Waals surface area contributed by atoms with Crippen molar-refractivity contribution in [2.24, 2.45) is 0 Å². The van der Waals surface area contributed by atoms with E-state index in [0.717, 1.165) is 25.3 Å². The van der Waals surface area contributed by atoms with Gasteiger partial charge < -0.3 is 5.32 Å². The lowest BCUT2D eigenvalue weighted by atomic mass is 10.3. The molecule has 1 nitrogen and oxygen atoms in total. The summed E-state index contributed by atoms with van der Waals surface area (Å²) in [5, 5.41) is 3.20. The predicted molar refractivity (Wildman–Crippen MR) is 63.0 cm³/mol. The molecule has 0 saturated carbocycles. The second-order valence-electron chi connectivity index (χ2n) is 2.45. The lowest BCUT2D eigenvalue weighted by molar-refractivity contribution is 0.769. The Balaban J connectivity index is 2.78. The van der Waals surface area contributed by atoms with Crippen molar-refractivity contribution < 1.29 is 2.74 Å². The molecule has 0 aromatic carbocycles. The molecule has 0 aliphatic rings. The van der Waals surface area contributed by atoms with E-state index in [2.05, 4.69) is 5.32 Å². The largest absolute Gasteiger partial charge is 0.316 e. The first-order chi connectivity index (χ1) is 6.91. The third-order valence-electron chi connectivity index (χ3n) is 1.35. The van der Waals surface area contributed by atoms with Crippen molar-refractivity contribution in [3.8, 4) is 0 Å². The molecule has 0 radical (unpaired) electrons. The Morgan fingerprint density at radius 1 is 1.17 bits per heavy atom. The van der Waals surface area contributed by atoms with Crippen LogP contribution in [-0.2, 0) is 0 Å². The van der Waals surface area contributed by atoms with Gasteiger partial charge in [0.2, 0.25) is 0 Å². The molecule has 0 aliphatic heterocycles. The van der Waals surface area contributed by atoms with Crippen molar-refractivity contribution in [2.75, 3.05) is 24.6 Å². The van der Waals surface area contributed by atoms with Crippen molar-refractivity contribution in [3.05, 3.63) is 0 Å². The second kappa shape index (κ2) is 11.7. The second-order valence-corrected chi connectivity index (χ2v) is 5.16. The minimum Gasteiger partial charge on any atom is -0.316 e. The van der Waals surface area contributed by atoms with Gasteiger partial charge in [-0.3, -0.25) is 0 Å². The SMILES string of the molecule is [3H]CCCCCSSCCNCC[3H]. The van der Waals surface area contributed by atoms with Gasteiger partial charge in [0.1, 0.15) is 0 Å². The minimum absolute atomic E-state index is 0.477. The Kier molecular flexibility index (Phi) is 8.96. The van der Waals surface area contributed by atoms with E-state index >= 15 is 0 Å². The van der Waals surface area contributed by atoms with Crippen LogP contribution in [0.15, 0.2) is 0 Å². The molecule has 0 heterocycles. The minimum atomic E-state index is 0.477. The fraction of sp³-hybridized carbons (Fsp3) is 1.00. The molecule has 0 bridgehead atoms. The number of unbranched alkanes of at least 4 members (excludes halogenated alkanes) is 2. The zero-order valence-electron chi connectivity index (χ0n) is 9.68. The summed E-state index contributed by atoms with van der Waals surface area (Å²) in [6, 6.07) is 0. The lowest BCUT2D eigenvalue weighted by Gasteiger charge is -2.00. The third-order valence-corrected chi connectivity index (χ3v) is 3.84. The first-order valence-electron chi connectivity index (χ1n) is 5.87. The highest BCUT2D eigenvalue weighted by Gasteiger charge is 1.90. The Morgan fingerprint density at radius 2 is 2.08 bits per heavy atom. The molecule has 0 spiro atoms. The van der Waals surface area contributed by atoms with Gasteiger partial charge in [-0.15, -0.1) is 0 Å². The molecule has 0 rings (SSSR count). The molecule has 0 aliphatic carbocycles. The average molecular weight is 211 g/mol. The molecule has 3 heteroatoms. The van der Waals surface area contributed by atoms with Gasteiger partial charge in [-0.05, 0) is 13.0 Å². The third kappa shape index (κ3) is 10.7. The summed E-state index contributed by atoms with van der Waals surface area (Å²) in [5.74, 6) is 2.34. The van der Waals surface area contributed by atoms with Crippen LogP contribution in [-0.4, -0.2) is 24.6 Å². The van der Waals surface area contributed by atoms with Crippen LogP contribution in [0, 0.1) is 0 Å². The molecule has 1 N–H and O–H groups in total. The first-order valence-corrected chi connectivity index (χ1v) is 6.94. The number of nitrogens with one attached hydrogen (secondary N) is 1. The highest BCUT2D eigenvalue weighted by Crippen LogP contribution is 2.21. The van der Waals surface area contributed by atoms with Crippen LogP contribution in [0.3, 0.4) is 0 Å². The Bertz CT molecular complexity index is 94.8. The topological polar surface area (TPSA) is 12.0 Å². The summed E-state index contributed by atoms with van der Waals surface area (Å²) >= 11 is 0. The van der Waals surface area contributed by atoms with Gasteiger partial charge in [-0.25, -0.2) is 0 Å². The molecule has 0 saturated heterocycles. The standard InChI is InChI=1S/C9H21NS2/c1-3-5-6-8-11-12-9-7-10-4-2/h10H,3-9H2,1-2H3/i1T,2T. The Labute approximate surface area is 87.7 Å². The van der Waals surface area contributed by atoms with E-state index in [1.807, 2.05) is 21.6 Å². The molecule has 0 aromatic rings. The maximum absolute atomic E-state index is 6.98. The van der Waals surface area contributed by atoms with Gasteiger partial charge in [0.25, 0.3) is 0 Å². The lowest BCUT2D eigenvalue weighted by Crippen LogP contribution is -2.15. The van der Waals surface area contributed by atoms with Crippen LogP contribution in [0.2, 0.25) is 0 Å². The van der Waals surface area contributed by atoms with Crippen LogP contribution in [0.1, 0.15) is 35.8 Å². The number of hydrogen-bond acceptors (Lipinski definition) is 3. The van der Waals surface area contributed by atoms with E-state index < -0.39 is 0 Å². The van der Waals surface area contributed by atoms with E-state index in [1.165, 1.54) is 18.6 Å². The summed E-state index contributed by atoms with van der Waals surface area (Å²) in [7, 11) is 3.84. The van der Waals surface area contributed by atoms with Crippen molar-refractivity contribution in [1.29, 1.82) is 0 Å². The van der Waals surface area contributed by atoms with E-state index in [1.54, 1.807) is 0 Å². The van der Waals surface area contributed by atoms with Crippen molar-refractivity contribution in [2.45, 2.75) is 33.1 Å². The molecule has 0 unspecified atom stereocenters. The van der Waals surface area contributed by atoms with E-state index in [9.17, 15) is 0 Å². The van der Waals surface area contributed by atoms with E-state index in [4.69, 9.17) is 2.74 Å². The van der Waals surface area contributed by atoms with E-state index in [-0.39, 0.29) is 0 Å². The molecule has 0 atom stereocenters. The van der Waals surface area contributed by atoms with Crippen molar-refractivity contribution in [1.82, 2.24) is 5.32 Å².